The molecule has 1 rings (SSSR count). The van der Waals surface area contributed by atoms with Gasteiger partial charge in [0.2, 0.25) is 0 Å². The molecule has 2 atom stereocenters. The molecule has 0 radical (unpaired) electrons. The van der Waals surface area contributed by atoms with Crippen molar-refractivity contribution >= 4 is 11.8 Å². The highest BCUT2D eigenvalue weighted by molar-refractivity contribution is 5.75. The van der Waals surface area contributed by atoms with E-state index in [1.807, 2.05) is 0 Å². The Morgan fingerprint density at radius 1 is 0.732 bits per heavy atom. The molecule has 1 unspecified atom stereocenters. The van der Waals surface area contributed by atoms with Crippen molar-refractivity contribution in [2.24, 2.45) is 5.92 Å². The smallest absolute Gasteiger partial charge is 0.306 e. The number of rotatable bonds is 29. The number of carbonyl (C=O) groups excluding carboxylic acids is 2. The van der Waals surface area contributed by atoms with Crippen molar-refractivity contribution in [1.29, 1.82) is 0 Å². The molecule has 0 N–H and O–H groups in total. The van der Waals surface area contributed by atoms with Crippen LogP contribution in [-0.2, 0) is 19.1 Å². The lowest BCUT2D eigenvalue weighted by molar-refractivity contribution is -0.150. The van der Waals surface area contributed by atoms with Gasteiger partial charge < -0.3 is 14.3 Å². The topological polar surface area (TPSA) is 55.8 Å². The van der Waals surface area contributed by atoms with Crippen LogP contribution in [0.1, 0.15) is 175 Å². The van der Waals surface area contributed by atoms with Gasteiger partial charge >= 0.3 is 5.97 Å². The van der Waals surface area contributed by atoms with E-state index in [1.54, 1.807) is 6.92 Å². The Hall–Kier alpha value is -0.940. The number of unbranched alkanes of at least 4 members (excludes halogenated alkanes) is 14. The van der Waals surface area contributed by atoms with Crippen LogP contribution in [0.2, 0.25) is 0 Å². The Morgan fingerprint density at radius 2 is 1.29 bits per heavy atom. The number of ether oxygens (including phenoxy) is 2. The van der Waals surface area contributed by atoms with Gasteiger partial charge in [0.1, 0.15) is 11.9 Å². The maximum atomic E-state index is 12.6. The van der Waals surface area contributed by atoms with Crippen LogP contribution < -0.4 is 0 Å². The predicted molar refractivity (Wildman–Crippen MR) is 173 cm³/mol. The zero-order valence-electron chi connectivity index (χ0n) is 27.9. The van der Waals surface area contributed by atoms with Gasteiger partial charge in [-0.15, -0.1) is 0 Å². The fraction of sp³-hybridized carbons (Fsp3) is 0.944. The number of nitrogens with zero attached hydrogens (tertiary/aromatic N) is 1. The molecule has 0 amide bonds. The van der Waals surface area contributed by atoms with Gasteiger partial charge in [-0.3, -0.25) is 9.69 Å². The Labute approximate surface area is 255 Å². The van der Waals surface area contributed by atoms with E-state index in [0.717, 1.165) is 77.7 Å². The summed E-state index contributed by atoms with van der Waals surface area (Å²) >= 11 is 0. The Morgan fingerprint density at radius 3 is 1.90 bits per heavy atom. The number of hydrogen-bond donors (Lipinski definition) is 0. The summed E-state index contributed by atoms with van der Waals surface area (Å²) in [7, 11) is 0. The van der Waals surface area contributed by atoms with E-state index in [0.29, 0.717) is 24.8 Å². The molecule has 5 nitrogen and oxygen atoms in total. The zero-order valence-corrected chi connectivity index (χ0v) is 27.9. The Kier molecular flexibility index (Phi) is 24.8. The minimum absolute atomic E-state index is 0.0222. The van der Waals surface area contributed by atoms with Gasteiger partial charge in [0.15, 0.2) is 0 Å². The first-order valence-electron chi connectivity index (χ1n) is 18.0. The van der Waals surface area contributed by atoms with E-state index >= 15 is 0 Å². The van der Waals surface area contributed by atoms with E-state index in [-0.39, 0.29) is 17.9 Å². The standard InChI is InChI=1S/C36H69NO4/c1-5-7-9-11-14-18-24-35(25-19-15-12-10-8-6-2)41-36(39)26-20-16-13-17-21-28-40-31-34-29-32(3)30-37(34)27-22-23-33(4)38/h32,34-35H,5-31H2,1-4H3/t32?,34-/m0/s1. The highest BCUT2D eigenvalue weighted by Gasteiger charge is 2.29. The maximum Gasteiger partial charge on any atom is 0.306 e. The number of ketones is 1. The lowest BCUT2D eigenvalue weighted by Gasteiger charge is -2.24. The molecule has 0 aliphatic carbocycles. The SMILES string of the molecule is CCCCCCCCC(CCCCCCCC)OC(=O)CCCCCCCOC[C@@H]1CC(C)CN1CCCC(C)=O. The van der Waals surface area contributed by atoms with Crippen molar-refractivity contribution in [1.82, 2.24) is 4.90 Å². The van der Waals surface area contributed by atoms with E-state index < -0.39 is 0 Å². The normalized spacial score (nSPS) is 17.5. The quantitative estimate of drug-likeness (QED) is 0.0652. The second kappa shape index (κ2) is 26.7. The fourth-order valence-corrected chi connectivity index (χ4v) is 6.25. The monoisotopic (exact) mass is 580 g/mol. The summed E-state index contributed by atoms with van der Waals surface area (Å²) in [5, 5.41) is 0. The highest BCUT2D eigenvalue weighted by atomic mass is 16.5. The molecule has 1 saturated heterocycles. The van der Waals surface area contributed by atoms with Crippen molar-refractivity contribution in [3.05, 3.63) is 0 Å². The van der Waals surface area contributed by atoms with Crippen LogP contribution in [0.3, 0.4) is 0 Å². The minimum atomic E-state index is 0.0222. The molecule has 0 aromatic carbocycles. The van der Waals surface area contributed by atoms with Crippen LogP contribution in [0.25, 0.3) is 0 Å². The number of hydrogen-bond acceptors (Lipinski definition) is 5. The van der Waals surface area contributed by atoms with E-state index in [4.69, 9.17) is 9.47 Å². The molecule has 0 bridgehead atoms. The van der Waals surface area contributed by atoms with Gasteiger partial charge in [0.25, 0.3) is 0 Å². The second-order valence-corrected chi connectivity index (χ2v) is 13.1. The fourth-order valence-electron chi connectivity index (χ4n) is 6.25. The highest BCUT2D eigenvalue weighted by Crippen LogP contribution is 2.24. The Balaban J connectivity index is 2.13. The zero-order chi connectivity index (χ0) is 30.0. The van der Waals surface area contributed by atoms with Gasteiger partial charge in [-0.1, -0.05) is 104 Å². The molecule has 1 aliphatic rings. The van der Waals surface area contributed by atoms with Crippen LogP contribution in [-0.4, -0.2) is 55.1 Å². The third-order valence-corrected chi connectivity index (χ3v) is 8.75. The summed E-state index contributed by atoms with van der Waals surface area (Å²) in [6, 6.07) is 0.508. The van der Waals surface area contributed by atoms with Gasteiger partial charge in [0.05, 0.1) is 6.61 Å². The van der Waals surface area contributed by atoms with Gasteiger partial charge in [-0.2, -0.15) is 0 Å². The summed E-state index contributed by atoms with van der Waals surface area (Å²) in [4.78, 5) is 26.4. The molecule has 242 valence electrons. The predicted octanol–water partition coefficient (Wildman–Crippen LogP) is 9.84. The van der Waals surface area contributed by atoms with Crippen molar-refractivity contribution < 1.29 is 19.1 Å². The van der Waals surface area contributed by atoms with Gasteiger partial charge in [0, 0.05) is 32.0 Å². The molecule has 41 heavy (non-hydrogen) atoms. The summed E-state index contributed by atoms with van der Waals surface area (Å²) in [5.41, 5.74) is 0. The molecule has 0 aromatic heterocycles. The summed E-state index contributed by atoms with van der Waals surface area (Å²) in [6.45, 7) is 12.3. The average Bonchev–Trinajstić information content (AvgIpc) is 3.29. The van der Waals surface area contributed by atoms with Crippen LogP contribution in [0.5, 0.6) is 0 Å². The second-order valence-electron chi connectivity index (χ2n) is 13.1. The van der Waals surface area contributed by atoms with Gasteiger partial charge in [-0.25, -0.2) is 0 Å². The molecule has 5 heteroatoms. The first-order valence-corrected chi connectivity index (χ1v) is 18.0. The Bertz CT molecular complexity index is 609. The van der Waals surface area contributed by atoms with Crippen molar-refractivity contribution in [3.8, 4) is 0 Å². The molecular formula is C36H69NO4. The molecule has 1 fully saturated rings. The third kappa shape index (κ3) is 22.3. The number of carbonyl (C=O) groups is 2. The van der Waals surface area contributed by atoms with Gasteiger partial charge in [-0.05, 0) is 70.8 Å². The van der Waals surface area contributed by atoms with Crippen LogP contribution >= 0.6 is 0 Å². The lowest BCUT2D eigenvalue weighted by Crippen LogP contribution is -2.34. The number of likely N-dealkylation sites (tertiary alicyclic amines) is 1. The number of Topliss-reactive ketones (excluding diaryl/α,β-unsaturated/α-hetero) is 1. The molecule has 1 heterocycles. The van der Waals surface area contributed by atoms with E-state index in [2.05, 4.69) is 25.7 Å². The van der Waals surface area contributed by atoms with Crippen molar-refractivity contribution in [2.75, 3.05) is 26.3 Å². The molecule has 1 aliphatic heterocycles. The number of esters is 1. The van der Waals surface area contributed by atoms with E-state index in [9.17, 15) is 9.59 Å². The summed E-state index contributed by atoms with van der Waals surface area (Å²) in [6.07, 6.45) is 26.6. The maximum absolute atomic E-state index is 12.6. The van der Waals surface area contributed by atoms with Crippen molar-refractivity contribution in [3.63, 3.8) is 0 Å². The third-order valence-electron chi connectivity index (χ3n) is 8.75. The molecule has 0 aromatic rings. The average molecular weight is 580 g/mol. The summed E-state index contributed by atoms with van der Waals surface area (Å²) < 4.78 is 12.0. The molecular weight excluding hydrogens is 510 g/mol. The van der Waals surface area contributed by atoms with E-state index in [1.165, 1.54) is 83.5 Å². The molecule has 0 spiro atoms. The molecule has 0 saturated carbocycles. The first kappa shape index (κ1) is 38.1. The van der Waals surface area contributed by atoms with Crippen LogP contribution in [0.4, 0.5) is 0 Å². The minimum Gasteiger partial charge on any atom is -0.462 e. The van der Waals surface area contributed by atoms with Crippen LogP contribution in [0, 0.1) is 5.92 Å². The van der Waals surface area contributed by atoms with Crippen molar-refractivity contribution in [2.45, 2.75) is 188 Å². The largest absolute Gasteiger partial charge is 0.462 e. The lowest BCUT2D eigenvalue weighted by atomic mass is 10.0. The summed E-state index contributed by atoms with van der Waals surface area (Å²) in [5.74, 6) is 1.03. The first-order chi connectivity index (χ1) is 20.0. The van der Waals surface area contributed by atoms with Crippen LogP contribution in [0.15, 0.2) is 0 Å².